The lowest BCUT2D eigenvalue weighted by Crippen LogP contribution is -2.45. The first-order chi connectivity index (χ1) is 11.5. The maximum atomic E-state index is 13.5. The first-order valence-corrected chi connectivity index (χ1v) is 8.75. The minimum atomic E-state index is -0.191. The maximum absolute atomic E-state index is 13.5. The van der Waals surface area contributed by atoms with Crippen molar-refractivity contribution in [2.24, 2.45) is 10.9 Å². The lowest BCUT2D eigenvalue weighted by atomic mass is 9.84. The molecule has 1 heterocycles. The highest BCUT2D eigenvalue weighted by atomic mass is 127. The lowest BCUT2D eigenvalue weighted by Gasteiger charge is -2.29. The summed E-state index contributed by atoms with van der Waals surface area (Å²) in [5, 5.41) is 3.46. The Morgan fingerprint density at radius 2 is 2.20 bits per heavy atom. The molecule has 1 aliphatic rings. The quantitative estimate of drug-likeness (QED) is 0.398. The van der Waals surface area contributed by atoms with Gasteiger partial charge in [-0.15, -0.1) is 24.0 Å². The number of hydrogen-bond donors (Lipinski definition) is 1. The van der Waals surface area contributed by atoms with Gasteiger partial charge in [0.05, 0.1) is 6.61 Å². The van der Waals surface area contributed by atoms with Crippen LogP contribution < -0.4 is 5.32 Å². The molecule has 1 aromatic rings. The standard InChI is InChI=1S/C19H30FN3O.HI/c1-5-24-13-15-9-10-23(12-15)18(21-4)22-14-19(2,3)16-7-6-8-17(20)11-16;/h6-8,11,15H,5,9-10,12-14H2,1-4H3,(H,21,22);1H. The highest BCUT2D eigenvalue weighted by Crippen LogP contribution is 2.23. The van der Waals surface area contributed by atoms with Crippen molar-refractivity contribution < 1.29 is 9.13 Å². The number of ether oxygens (including phenoxy) is 1. The van der Waals surface area contributed by atoms with Gasteiger partial charge < -0.3 is 15.0 Å². The summed E-state index contributed by atoms with van der Waals surface area (Å²) in [5.74, 6) is 1.29. The van der Waals surface area contributed by atoms with E-state index in [1.165, 1.54) is 6.07 Å². The third kappa shape index (κ3) is 6.40. The van der Waals surface area contributed by atoms with Crippen LogP contribution in [0.5, 0.6) is 0 Å². The van der Waals surface area contributed by atoms with E-state index >= 15 is 0 Å². The Kier molecular flexibility index (Phi) is 9.13. The molecule has 1 atom stereocenters. The van der Waals surface area contributed by atoms with E-state index in [4.69, 9.17) is 4.74 Å². The molecule has 25 heavy (non-hydrogen) atoms. The Balaban J connectivity index is 0.00000312. The normalized spacial score (nSPS) is 18.2. The number of aliphatic imine (C=N–C) groups is 1. The van der Waals surface area contributed by atoms with E-state index in [2.05, 4.69) is 29.1 Å². The summed E-state index contributed by atoms with van der Waals surface area (Å²) in [6, 6.07) is 6.83. The molecule has 0 amide bonds. The summed E-state index contributed by atoms with van der Waals surface area (Å²) in [5.41, 5.74) is 0.809. The van der Waals surface area contributed by atoms with Gasteiger partial charge in [0, 0.05) is 44.6 Å². The van der Waals surface area contributed by atoms with Crippen LogP contribution in [0.2, 0.25) is 0 Å². The predicted octanol–water partition coefficient (Wildman–Crippen LogP) is 3.66. The summed E-state index contributed by atoms with van der Waals surface area (Å²) in [7, 11) is 1.81. The zero-order valence-corrected chi connectivity index (χ0v) is 18.0. The molecule has 4 nitrogen and oxygen atoms in total. The second-order valence-corrected chi connectivity index (χ2v) is 7.06. The van der Waals surface area contributed by atoms with E-state index in [1.807, 2.05) is 20.0 Å². The molecule has 0 aliphatic carbocycles. The number of nitrogens with one attached hydrogen (secondary N) is 1. The third-order valence-electron chi connectivity index (χ3n) is 4.65. The van der Waals surface area contributed by atoms with Gasteiger partial charge in [-0.3, -0.25) is 4.99 Å². The van der Waals surface area contributed by atoms with E-state index in [9.17, 15) is 4.39 Å². The molecule has 1 aliphatic heterocycles. The van der Waals surface area contributed by atoms with E-state index in [-0.39, 0.29) is 35.2 Å². The number of nitrogens with zero attached hydrogens (tertiary/aromatic N) is 2. The second-order valence-electron chi connectivity index (χ2n) is 7.06. The van der Waals surface area contributed by atoms with Crippen molar-refractivity contribution in [3.8, 4) is 0 Å². The molecule has 142 valence electrons. The molecule has 1 saturated heterocycles. The average Bonchev–Trinajstić information content (AvgIpc) is 3.02. The van der Waals surface area contributed by atoms with Crippen molar-refractivity contribution in [2.75, 3.05) is 39.9 Å². The zero-order valence-electron chi connectivity index (χ0n) is 15.7. The van der Waals surface area contributed by atoms with Crippen LogP contribution >= 0.6 is 24.0 Å². The van der Waals surface area contributed by atoms with E-state index in [0.29, 0.717) is 12.5 Å². The van der Waals surface area contributed by atoms with Gasteiger partial charge in [-0.2, -0.15) is 0 Å². The van der Waals surface area contributed by atoms with Crippen LogP contribution in [0.25, 0.3) is 0 Å². The maximum Gasteiger partial charge on any atom is 0.193 e. The van der Waals surface area contributed by atoms with Gasteiger partial charge in [0.2, 0.25) is 0 Å². The molecule has 0 radical (unpaired) electrons. The monoisotopic (exact) mass is 463 g/mol. The average molecular weight is 463 g/mol. The molecule has 2 rings (SSSR count). The summed E-state index contributed by atoms with van der Waals surface area (Å²) in [6.45, 7) is 10.5. The first-order valence-electron chi connectivity index (χ1n) is 8.75. The third-order valence-corrected chi connectivity index (χ3v) is 4.65. The van der Waals surface area contributed by atoms with Gasteiger partial charge in [0.1, 0.15) is 5.82 Å². The molecule has 6 heteroatoms. The van der Waals surface area contributed by atoms with Crippen LogP contribution in [0.1, 0.15) is 32.8 Å². The van der Waals surface area contributed by atoms with Crippen molar-refractivity contribution >= 4 is 29.9 Å². The molecule has 1 unspecified atom stereocenters. The Bertz CT molecular complexity index is 565. The number of guanidine groups is 1. The Hall–Kier alpha value is -0.890. The number of halogens is 2. The van der Waals surface area contributed by atoms with Gasteiger partial charge in [-0.25, -0.2) is 4.39 Å². The van der Waals surface area contributed by atoms with Crippen LogP contribution in [0.4, 0.5) is 4.39 Å². The molecule has 0 aromatic heterocycles. The second kappa shape index (κ2) is 10.3. The molecule has 0 bridgehead atoms. The number of benzene rings is 1. The fraction of sp³-hybridized carbons (Fsp3) is 0.632. The summed E-state index contributed by atoms with van der Waals surface area (Å²) >= 11 is 0. The van der Waals surface area contributed by atoms with Gasteiger partial charge in [-0.1, -0.05) is 26.0 Å². The number of likely N-dealkylation sites (tertiary alicyclic amines) is 1. The molecule has 1 aromatic carbocycles. The fourth-order valence-electron chi connectivity index (χ4n) is 3.09. The smallest absolute Gasteiger partial charge is 0.193 e. The molecule has 0 saturated carbocycles. The van der Waals surface area contributed by atoms with Gasteiger partial charge in [0.25, 0.3) is 0 Å². The van der Waals surface area contributed by atoms with Crippen molar-refractivity contribution in [3.05, 3.63) is 35.6 Å². The summed E-state index contributed by atoms with van der Waals surface area (Å²) < 4.78 is 19.0. The number of rotatable bonds is 6. The SMILES string of the molecule is CCOCC1CCN(C(=NC)NCC(C)(C)c2cccc(F)c2)C1.I. The van der Waals surface area contributed by atoms with Crippen molar-refractivity contribution in [2.45, 2.75) is 32.6 Å². The molecule has 1 fully saturated rings. The lowest BCUT2D eigenvalue weighted by molar-refractivity contribution is 0.114. The van der Waals surface area contributed by atoms with Gasteiger partial charge >= 0.3 is 0 Å². The molecular weight excluding hydrogens is 432 g/mol. The highest BCUT2D eigenvalue weighted by Gasteiger charge is 2.27. The minimum absolute atomic E-state index is 0. The van der Waals surface area contributed by atoms with Crippen molar-refractivity contribution in [1.82, 2.24) is 10.2 Å². The van der Waals surface area contributed by atoms with Gasteiger partial charge in [0.15, 0.2) is 5.96 Å². The number of hydrogen-bond acceptors (Lipinski definition) is 2. The largest absolute Gasteiger partial charge is 0.381 e. The molecule has 1 N–H and O–H groups in total. The Labute approximate surface area is 168 Å². The van der Waals surface area contributed by atoms with E-state index in [1.54, 1.807) is 12.1 Å². The predicted molar refractivity (Wildman–Crippen MR) is 112 cm³/mol. The fourth-order valence-corrected chi connectivity index (χ4v) is 3.09. The van der Waals surface area contributed by atoms with Crippen LogP contribution in [0.15, 0.2) is 29.3 Å². The molecular formula is C19H31FIN3O. The Morgan fingerprint density at radius 3 is 2.84 bits per heavy atom. The first kappa shape index (κ1) is 22.2. The summed E-state index contributed by atoms with van der Waals surface area (Å²) in [6.07, 6.45) is 1.13. The molecule has 0 spiro atoms. The highest BCUT2D eigenvalue weighted by molar-refractivity contribution is 14.0. The minimum Gasteiger partial charge on any atom is -0.381 e. The van der Waals surface area contributed by atoms with Crippen molar-refractivity contribution in [3.63, 3.8) is 0 Å². The zero-order chi connectivity index (χ0) is 17.6. The topological polar surface area (TPSA) is 36.9 Å². The van der Waals surface area contributed by atoms with Crippen LogP contribution in [-0.2, 0) is 10.2 Å². The van der Waals surface area contributed by atoms with Crippen LogP contribution in [0.3, 0.4) is 0 Å². The van der Waals surface area contributed by atoms with Crippen LogP contribution in [-0.4, -0.2) is 50.8 Å². The summed E-state index contributed by atoms with van der Waals surface area (Å²) in [4.78, 5) is 6.70. The van der Waals surface area contributed by atoms with Gasteiger partial charge in [-0.05, 0) is 31.0 Å². The van der Waals surface area contributed by atoms with E-state index in [0.717, 1.165) is 44.2 Å². The van der Waals surface area contributed by atoms with Crippen molar-refractivity contribution in [1.29, 1.82) is 0 Å². The van der Waals surface area contributed by atoms with Crippen LogP contribution in [0, 0.1) is 11.7 Å². The Morgan fingerprint density at radius 1 is 1.44 bits per heavy atom. The van der Waals surface area contributed by atoms with E-state index < -0.39 is 0 Å².